The Hall–Kier alpha value is -3.17. The third kappa shape index (κ3) is 6.95. The lowest BCUT2D eigenvalue weighted by atomic mass is 10.1. The monoisotopic (exact) mass is 532 g/mol. The normalized spacial score (nSPS) is 15.2. The fraction of sp³-hybridized carbons (Fsp3) is 0.346. The summed E-state index contributed by atoms with van der Waals surface area (Å²) in [5, 5.41) is 2.49. The van der Waals surface area contributed by atoms with Gasteiger partial charge in [0.05, 0.1) is 29.2 Å². The lowest BCUT2D eigenvalue weighted by Crippen LogP contribution is -2.36. The quantitative estimate of drug-likeness (QED) is 0.355. The summed E-state index contributed by atoms with van der Waals surface area (Å²) in [7, 11) is 0. The summed E-state index contributed by atoms with van der Waals surface area (Å²) < 4.78 is 17.0. The molecule has 2 aromatic carbocycles. The van der Waals surface area contributed by atoms with Crippen molar-refractivity contribution in [3.8, 4) is 17.2 Å². The summed E-state index contributed by atoms with van der Waals surface area (Å²) in [5.74, 6) is 0.519. The molecule has 1 heterocycles. The number of amides is 3. The van der Waals surface area contributed by atoms with Crippen LogP contribution in [-0.2, 0) is 9.59 Å². The van der Waals surface area contributed by atoms with E-state index in [1.54, 1.807) is 42.5 Å². The first-order chi connectivity index (χ1) is 17.2. The maximum absolute atomic E-state index is 12.9. The van der Waals surface area contributed by atoms with Gasteiger partial charge in [-0.1, -0.05) is 18.5 Å². The van der Waals surface area contributed by atoms with Gasteiger partial charge in [0.2, 0.25) is 5.91 Å². The van der Waals surface area contributed by atoms with Crippen LogP contribution in [0.5, 0.6) is 17.2 Å². The number of rotatable bonds is 11. The highest BCUT2D eigenvalue weighted by Gasteiger charge is 2.36. The minimum atomic E-state index is -0.555. The van der Waals surface area contributed by atoms with Crippen molar-refractivity contribution in [3.05, 3.63) is 51.9 Å². The van der Waals surface area contributed by atoms with Gasteiger partial charge in [-0.3, -0.25) is 19.3 Å². The molecule has 8 nitrogen and oxygen atoms in total. The van der Waals surface area contributed by atoms with Gasteiger partial charge in [-0.25, -0.2) is 0 Å². The predicted octanol–water partition coefficient (Wildman–Crippen LogP) is 5.99. The molecule has 1 atom stereocenters. The van der Waals surface area contributed by atoms with Crippen LogP contribution in [0.2, 0.25) is 5.02 Å². The molecule has 0 saturated carbocycles. The van der Waals surface area contributed by atoms with Crippen LogP contribution in [0.25, 0.3) is 6.08 Å². The van der Waals surface area contributed by atoms with E-state index in [-0.39, 0.29) is 11.0 Å². The maximum atomic E-state index is 12.9. The summed E-state index contributed by atoms with van der Waals surface area (Å²) in [4.78, 5) is 39.0. The van der Waals surface area contributed by atoms with Crippen molar-refractivity contribution in [2.24, 2.45) is 0 Å². The molecule has 1 aliphatic heterocycles. The second-order valence-electron chi connectivity index (χ2n) is 7.87. The molecule has 3 rings (SSSR count). The van der Waals surface area contributed by atoms with Crippen molar-refractivity contribution in [2.75, 3.05) is 25.1 Å². The number of nitrogens with zero attached hydrogens (tertiary/aromatic N) is 1. The van der Waals surface area contributed by atoms with Crippen LogP contribution in [0.4, 0.5) is 10.5 Å². The fourth-order valence-corrected chi connectivity index (χ4v) is 4.37. The van der Waals surface area contributed by atoms with E-state index in [1.807, 2.05) is 27.7 Å². The van der Waals surface area contributed by atoms with Gasteiger partial charge in [-0.15, -0.1) is 0 Å². The van der Waals surface area contributed by atoms with Crippen LogP contribution in [0.3, 0.4) is 0 Å². The molecule has 3 amide bonds. The number of carbonyl (C=O) groups excluding carboxylic acids is 3. The Labute approximate surface area is 219 Å². The molecule has 0 radical (unpaired) electrons. The number of thioether (sulfide) groups is 1. The molecule has 10 heteroatoms. The van der Waals surface area contributed by atoms with Crippen LogP contribution >= 0.6 is 23.4 Å². The van der Waals surface area contributed by atoms with E-state index in [1.165, 1.54) is 0 Å². The van der Waals surface area contributed by atoms with Crippen molar-refractivity contribution in [3.63, 3.8) is 0 Å². The van der Waals surface area contributed by atoms with Crippen molar-refractivity contribution >= 4 is 52.2 Å². The van der Waals surface area contributed by atoms with Gasteiger partial charge in [-0.2, -0.15) is 0 Å². The molecule has 2 aromatic rings. The Kier molecular flexibility index (Phi) is 9.66. The summed E-state index contributed by atoms with van der Waals surface area (Å²) in [5.41, 5.74) is 1.10. The second-order valence-corrected chi connectivity index (χ2v) is 9.27. The van der Waals surface area contributed by atoms with Crippen molar-refractivity contribution < 1.29 is 28.6 Å². The minimum absolute atomic E-state index is 0.0576. The molecule has 0 aliphatic carbocycles. The second kappa shape index (κ2) is 12.7. The Morgan fingerprint density at radius 3 is 2.44 bits per heavy atom. The Morgan fingerprint density at radius 2 is 1.81 bits per heavy atom. The standard InChI is InChI=1S/C26H29ClN2O6S/c1-5-16(4)35-24-20(27)12-17(13-21(24)34-7-3)14-22-25(31)29(26(32)36-22)15-23(30)28-18-8-10-19(11-9-18)33-6-2/h8-14,16H,5-7,15H2,1-4H3,(H,28,30)/b22-14+/t16-/m1/s1. The maximum Gasteiger partial charge on any atom is 0.294 e. The minimum Gasteiger partial charge on any atom is -0.494 e. The van der Waals surface area contributed by atoms with Gasteiger partial charge in [0.15, 0.2) is 11.5 Å². The summed E-state index contributed by atoms with van der Waals surface area (Å²) in [6, 6.07) is 10.2. The Balaban J connectivity index is 1.73. The van der Waals surface area contributed by atoms with Crippen LogP contribution in [0.1, 0.15) is 39.7 Å². The Bertz CT molecular complexity index is 1150. The van der Waals surface area contributed by atoms with Gasteiger partial charge in [0.25, 0.3) is 11.1 Å². The molecule has 1 N–H and O–H groups in total. The van der Waals surface area contributed by atoms with Crippen LogP contribution in [0.15, 0.2) is 41.3 Å². The van der Waals surface area contributed by atoms with Crippen molar-refractivity contribution in [2.45, 2.75) is 40.2 Å². The average molecular weight is 533 g/mol. The zero-order valence-corrected chi connectivity index (χ0v) is 22.2. The van der Waals surface area contributed by atoms with Crippen LogP contribution < -0.4 is 19.5 Å². The van der Waals surface area contributed by atoms with Crippen molar-refractivity contribution in [1.29, 1.82) is 0 Å². The van der Waals surface area contributed by atoms with Crippen LogP contribution in [0, 0.1) is 0 Å². The topological polar surface area (TPSA) is 94.2 Å². The molecule has 0 bridgehead atoms. The van der Waals surface area contributed by atoms with E-state index in [9.17, 15) is 14.4 Å². The Morgan fingerprint density at radius 1 is 1.11 bits per heavy atom. The van der Waals surface area contributed by atoms with E-state index in [4.69, 9.17) is 25.8 Å². The van der Waals surface area contributed by atoms with Gasteiger partial charge < -0.3 is 19.5 Å². The van der Waals surface area contributed by atoms with E-state index < -0.39 is 23.6 Å². The smallest absolute Gasteiger partial charge is 0.294 e. The highest BCUT2D eigenvalue weighted by Crippen LogP contribution is 2.39. The predicted molar refractivity (Wildman–Crippen MR) is 142 cm³/mol. The first-order valence-electron chi connectivity index (χ1n) is 11.7. The van der Waals surface area contributed by atoms with E-state index in [0.717, 1.165) is 23.1 Å². The number of carbonyl (C=O) groups is 3. The lowest BCUT2D eigenvalue weighted by molar-refractivity contribution is -0.127. The highest BCUT2D eigenvalue weighted by atomic mass is 35.5. The first-order valence-corrected chi connectivity index (χ1v) is 12.9. The number of halogens is 1. The van der Waals surface area contributed by atoms with E-state index in [2.05, 4.69) is 5.32 Å². The third-order valence-electron chi connectivity index (χ3n) is 5.15. The number of benzene rings is 2. The van der Waals surface area contributed by atoms with E-state index in [0.29, 0.717) is 46.7 Å². The average Bonchev–Trinajstić information content (AvgIpc) is 3.10. The SMILES string of the molecule is CCOc1ccc(NC(=O)CN2C(=O)S/C(=C/c3cc(Cl)c(O[C@H](C)CC)c(OCC)c3)C2=O)cc1. The molecule has 0 aromatic heterocycles. The van der Waals surface area contributed by atoms with Gasteiger partial charge in [0, 0.05) is 5.69 Å². The largest absolute Gasteiger partial charge is 0.494 e. The molecule has 1 saturated heterocycles. The summed E-state index contributed by atoms with van der Waals surface area (Å²) in [6.07, 6.45) is 2.29. The van der Waals surface area contributed by atoms with Gasteiger partial charge in [0.1, 0.15) is 12.3 Å². The van der Waals surface area contributed by atoms with Gasteiger partial charge >= 0.3 is 0 Å². The number of hydrogen-bond donors (Lipinski definition) is 1. The summed E-state index contributed by atoms with van der Waals surface area (Å²) >= 11 is 7.22. The summed E-state index contributed by atoms with van der Waals surface area (Å²) in [6.45, 7) is 8.19. The van der Waals surface area contributed by atoms with Gasteiger partial charge in [-0.05, 0) is 87.0 Å². The van der Waals surface area contributed by atoms with Crippen LogP contribution in [-0.4, -0.2) is 47.8 Å². The number of hydrogen-bond acceptors (Lipinski definition) is 7. The number of nitrogens with one attached hydrogen (secondary N) is 1. The number of imide groups is 1. The molecular formula is C26H29ClN2O6S. The molecule has 1 fully saturated rings. The molecule has 192 valence electrons. The number of ether oxygens (including phenoxy) is 3. The first kappa shape index (κ1) is 27.4. The highest BCUT2D eigenvalue weighted by molar-refractivity contribution is 8.18. The molecular weight excluding hydrogens is 504 g/mol. The fourth-order valence-electron chi connectivity index (χ4n) is 3.27. The molecule has 0 unspecified atom stereocenters. The number of anilines is 1. The van der Waals surface area contributed by atoms with E-state index >= 15 is 0 Å². The third-order valence-corrected chi connectivity index (χ3v) is 6.34. The zero-order chi connectivity index (χ0) is 26.2. The zero-order valence-electron chi connectivity index (χ0n) is 20.6. The van der Waals surface area contributed by atoms with Crippen molar-refractivity contribution in [1.82, 2.24) is 4.90 Å². The molecule has 36 heavy (non-hydrogen) atoms. The lowest BCUT2D eigenvalue weighted by Gasteiger charge is -2.18. The molecule has 0 spiro atoms. The molecule has 1 aliphatic rings.